The normalized spacial score (nSPS) is 21.5. The van der Waals surface area contributed by atoms with Crippen molar-refractivity contribution in [3.05, 3.63) is 53.4 Å². The molecule has 4 heteroatoms. The zero-order chi connectivity index (χ0) is 15.4. The first-order valence-electron chi connectivity index (χ1n) is 7.99. The second-order valence-electron chi connectivity index (χ2n) is 6.08. The van der Waals surface area contributed by atoms with Crippen molar-refractivity contribution in [2.75, 3.05) is 0 Å². The van der Waals surface area contributed by atoms with Gasteiger partial charge in [0, 0.05) is 18.0 Å². The first-order valence-corrected chi connectivity index (χ1v) is 7.99. The van der Waals surface area contributed by atoms with E-state index in [0.717, 1.165) is 18.6 Å². The van der Waals surface area contributed by atoms with Gasteiger partial charge in [-0.1, -0.05) is 48.3 Å². The number of nitrogens with one attached hydrogen (secondary N) is 1. The molecule has 116 valence electrons. The molecule has 3 rings (SSSR count). The molecular formula is C18H22N2O2. The van der Waals surface area contributed by atoms with E-state index in [1.54, 1.807) is 0 Å². The minimum Gasteiger partial charge on any atom is -0.361 e. The molecule has 1 aliphatic carbocycles. The Morgan fingerprint density at radius 2 is 2.05 bits per heavy atom. The Morgan fingerprint density at radius 1 is 1.27 bits per heavy atom. The molecule has 1 aromatic heterocycles. The van der Waals surface area contributed by atoms with Crippen LogP contribution in [0, 0.1) is 6.92 Å². The van der Waals surface area contributed by atoms with Crippen LogP contribution in [0.3, 0.4) is 0 Å². The zero-order valence-corrected chi connectivity index (χ0v) is 12.9. The second-order valence-corrected chi connectivity index (χ2v) is 6.08. The van der Waals surface area contributed by atoms with E-state index in [-0.39, 0.29) is 18.4 Å². The van der Waals surface area contributed by atoms with Crippen LogP contribution in [-0.4, -0.2) is 17.1 Å². The van der Waals surface area contributed by atoms with E-state index in [1.807, 2.05) is 19.1 Å². The molecule has 2 atom stereocenters. The van der Waals surface area contributed by atoms with Crippen LogP contribution in [0.2, 0.25) is 0 Å². The third kappa shape index (κ3) is 3.56. The summed E-state index contributed by atoms with van der Waals surface area (Å²) in [5.41, 5.74) is 2.02. The maximum absolute atomic E-state index is 12.3. The summed E-state index contributed by atoms with van der Waals surface area (Å²) in [6.45, 7) is 1.83. The van der Waals surface area contributed by atoms with Crippen molar-refractivity contribution < 1.29 is 9.32 Å². The minimum atomic E-state index is 0.0288. The number of aryl methyl sites for hydroxylation is 1. The third-order valence-electron chi connectivity index (χ3n) is 4.36. The van der Waals surface area contributed by atoms with Gasteiger partial charge < -0.3 is 9.84 Å². The van der Waals surface area contributed by atoms with Gasteiger partial charge in [0.15, 0.2) is 0 Å². The van der Waals surface area contributed by atoms with Crippen molar-refractivity contribution in [3.8, 4) is 0 Å². The van der Waals surface area contributed by atoms with E-state index in [1.165, 1.54) is 18.4 Å². The van der Waals surface area contributed by atoms with Crippen LogP contribution in [0.5, 0.6) is 0 Å². The van der Waals surface area contributed by atoms with Gasteiger partial charge in [0.25, 0.3) is 0 Å². The Labute approximate surface area is 130 Å². The molecule has 1 aliphatic rings. The Hall–Kier alpha value is -2.10. The maximum atomic E-state index is 12.3. The molecule has 2 aromatic rings. The topological polar surface area (TPSA) is 55.1 Å². The van der Waals surface area contributed by atoms with Crippen molar-refractivity contribution in [2.24, 2.45) is 0 Å². The van der Waals surface area contributed by atoms with E-state index in [2.05, 4.69) is 34.7 Å². The van der Waals surface area contributed by atoms with Gasteiger partial charge in [-0.2, -0.15) is 0 Å². The molecule has 0 spiro atoms. The van der Waals surface area contributed by atoms with Crippen LogP contribution in [0.25, 0.3) is 0 Å². The summed E-state index contributed by atoms with van der Waals surface area (Å²) in [5.74, 6) is 1.18. The monoisotopic (exact) mass is 298 g/mol. The lowest BCUT2D eigenvalue weighted by Crippen LogP contribution is -2.41. The molecule has 1 fully saturated rings. The summed E-state index contributed by atoms with van der Waals surface area (Å²) in [5, 5.41) is 7.09. The second kappa shape index (κ2) is 6.77. The maximum Gasteiger partial charge on any atom is 0.226 e. The molecule has 0 saturated heterocycles. The molecule has 1 N–H and O–H groups in total. The number of hydrogen-bond acceptors (Lipinski definition) is 3. The van der Waals surface area contributed by atoms with Crippen LogP contribution in [0.4, 0.5) is 0 Å². The van der Waals surface area contributed by atoms with E-state index in [0.29, 0.717) is 11.6 Å². The van der Waals surface area contributed by atoms with Crippen LogP contribution < -0.4 is 5.32 Å². The fourth-order valence-corrected chi connectivity index (χ4v) is 3.33. The van der Waals surface area contributed by atoms with Crippen molar-refractivity contribution in [1.82, 2.24) is 10.5 Å². The van der Waals surface area contributed by atoms with E-state index < -0.39 is 0 Å². The fraction of sp³-hybridized carbons (Fsp3) is 0.444. The lowest BCUT2D eigenvalue weighted by Gasteiger charge is -2.32. The highest BCUT2D eigenvalue weighted by molar-refractivity contribution is 5.78. The Kier molecular flexibility index (Phi) is 4.56. The molecule has 1 aromatic carbocycles. The van der Waals surface area contributed by atoms with Crippen LogP contribution in [-0.2, 0) is 11.2 Å². The number of amides is 1. The quantitative estimate of drug-likeness (QED) is 0.941. The van der Waals surface area contributed by atoms with Gasteiger partial charge in [0.1, 0.15) is 5.76 Å². The number of carbonyl (C=O) groups excluding carboxylic acids is 1. The van der Waals surface area contributed by atoms with Gasteiger partial charge in [-0.15, -0.1) is 0 Å². The summed E-state index contributed by atoms with van der Waals surface area (Å²) >= 11 is 0. The molecular weight excluding hydrogens is 276 g/mol. The smallest absolute Gasteiger partial charge is 0.226 e. The number of hydrogen-bond donors (Lipinski definition) is 1. The lowest BCUT2D eigenvalue weighted by atomic mass is 9.80. The molecule has 1 heterocycles. The molecule has 22 heavy (non-hydrogen) atoms. The molecule has 1 amide bonds. The van der Waals surface area contributed by atoms with Crippen LogP contribution >= 0.6 is 0 Å². The predicted molar refractivity (Wildman–Crippen MR) is 84.5 cm³/mol. The van der Waals surface area contributed by atoms with Crippen molar-refractivity contribution in [1.29, 1.82) is 0 Å². The highest BCUT2D eigenvalue weighted by Crippen LogP contribution is 2.33. The molecule has 0 aliphatic heterocycles. The molecule has 0 radical (unpaired) electrons. The summed E-state index contributed by atoms with van der Waals surface area (Å²) in [6.07, 6.45) is 4.88. The van der Waals surface area contributed by atoms with Gasteiger partial charge in [-0.3, -0.25) is 4.79 Å². The fourth-order valence-electron chi connectivity index (χ4n) is 3.33. The highest BCUT2D eigenvalue weighted by atomic mass is 16.5. The van der Waals surface area contributed by atoms with Gasteiger partial charge in [-0.05, 0) is 25.3 Å². The SMILES string of the molecule is Cc1cc(CC(=O)N[C@H]2CCCC[C@H]2c2ccccc2)no1. The van der Waals surface area contributed by atoms with Gasteiger partial charge >= 0.3 is 0 Å². The molecule has 0 bridgehead atoms. The average molecular weight is 298 g/mol. The summed E-state index contributed by atoms with van der Waals surface area (Å²) in [4.78, 5) is 12.3. The molecule has 0 unspecified atom stereocenters. The highest BCUT2D eigenvalue weighted by Gasteiger charge is 2.27. The third-order valence-corrected chi connectivity index (χ3v) is 4.36. The molecule has 4 nitrogen and oxygen atoms in total. The van der Waals surface area contributed by atoms with Gasteiger partial charge in [0.05, 0.1) is 12.1 Å². The van der Waals surface area contributed by atoms with Crippen molar-refractivity contribution >= 4 is 5.91 Å². The van der Waals surface area contributed by atoms with Gasteiger partial charge in [-0.25, -0.2) is 0 Å². The summed E-state index contributed by atoms with van der Waals surface area (Å²) < 4.78 is 5.02. The van der Waals surface area contributed by atoms with Crippen LogP contribution in [0.15, 0.2) is 40.9 Å². The van der Waals surface area contributed by atoms with E-state index in [4.69, 9.17) is 4.52 Å². The zero-order valence-electron chi connectivity index (χ0n) is 12.9. The van der Waals surface area contributed by atoms with Crippen LogP contribution in [0.1, 0.15) is 48.6 Å². The first kappa shape index (κ1) is 14.8. The van der Waals surface area contributed by atoms with E-state index >= 15 is 0 Å². The Balaban J connectivity index is 1.65. The molecule has 1 saturated carbocycles. The Morgan fingerprint density at radius 3 is 2.77 bits per heavy atom. The summed E-state index contributed by atoms with van der Waals surface area (Å²) in [6, 6.07) is 12.5. The lowest BCUT2D eigenvalue weighted by molar-refractivity contribution is -0.121. The number of nitrogens with zero attached hydrogens (tertiary/aromatic N) is 1. The average Bonchev–Trinajstić information content (AvgIpc) is 2.93. The minimum absolute atomic E-state index is 0.0288. The number of benzene rings is 1. The standard InChI is InChI=1S/C18H22N2O2/c1-13-11-15(20-22-13)12-18(21)19-17-10-6-5-9-16(17)14-7-3-2-4-8-14/h2-4,7-8,11,16-17H,5-6,9-10,12H2,1H3,(H,19,21)/t16-,17-/m0/s1. The number of rotatable bonds is 4. The van der Waals surface area contributed by atoms with Crippen molar-refractivity contribution in [3.63, 3.8) is 0 Å². The largest absolute Gasteiger partial charge is 0.361 e. The van der Waals surface area contributed by atoms with E-state index in [9.17, 15) is 4.79 Å². The Bertz CT molecular complexity index is 621. The summed E-state index contributed by atoms with van der Waals surface area (Å²) in [7, 11) is 0. The predicted octanol–water partition coefficient (Wildman–Crippen LogP) is 3.37. The first-order chi connectivity index (χ1) is 10.7. The van der Waals surface area contributed by atoms with Crippen molar-refractivity contribution in [2.45, 2.75) is 51.0 Å². The number of carbonyl (C=O) groups is 1. The number of aromatic nitrogens is 1. The van der Waals surface area contributed by atoms with Gasteiger partial charge in [0.2, 0.25) is 5.91 Å².